The highest BCUT2D eigenvalue weighted by molar-refractivity contribution is 5.95. The molecule has 1 unspecified atom stereocenters. The summed E-state index contributed by atoms with van der Waals surface area (Å²) in [5, 5.41) is 10.0. The van der Waals surface area contributed by atoms with Gasteiger partial charge in [-0.3, -0.25) is 9.88 Å². The Morgan fingerprint density at radius 2 is 2.04 bits per heavy atom. The van der Waals surface area contributed by atoms with E-state index in [0.29, 0.717) is 18.0 Å². The number of cyclic esters (lactones) is 1. The standard InChI is InChI=1S/C21H20N2O4/c1-2-14-3-6-16(7-4-14)26-20-9-10-22-19-8-5-15(11-18(19)20)23-12-17(13-24)27-21(23)25/h3-11,17,24H,2,12-13H2,1H3. The number of hydrogen-bond acceptors (Lipinski definition) is 5. The van der Waals surface area contributed by atoms with Crippen molar-refractivity contribution in [2.45, 2.75) is 19.4 Å². The number of aliphatic hydroxyl groups is 1. The average molecular weight is 364 g/mol. The Hall–Kier alpha value is -3.12. The van der Waals surface area contributed by atoms with Crippen LogP contribution in [-0.4, -0.2) is 35.4 Å². The first-order chi connectivity index (χ1) is 13.2. The van der Waals surface area contributed by atoms with Gasteiger partial charge in [-0.15, -0.1) is 0 Å². The van der Waals surface area contributed by atoms with Crippen LogP contribution in [0.1, 0.15) is 12.5 Å². The van der Waals surface area contributed by atoms with Gasteiger partial charge in [-0.05, 0) is 48.4 Å². The number of ether oxygens (including phenoxy) is 2. The molecule has 2 aromatic carbocycles. The number of carbonyl (C=O) groups is 1. The first-order valence-electron chi connectivity index (χ1n) is 8.92. The fraction of sp³-hybridized carbons (Fsp3) is 0.238. The third kappa shape index (κ3) is 3.44. The number of aromatic nitrogens is 1. The van der Waals surface area contributed by atoms with Crippen molar-refractivity contribution in [3.8, 4) is 11.5 Å². The van der Waals surface area contributed by atoms with E-state index in [1.165, 1.54) is 10.5 Å². The van der Waals surface area contributed by atoms with Crippen molar-refractivity contribution in [2.75, 3.05) is 18.1 Å². The van der Waals surface area contributed by atoms with E-state index in [1.54, 1.807) is 12.3 Å². The minimum absolute atomic E-state index is 0.195. The molecule has 0 spiro atoms. The highest BCUT2D eigenvalue weighted by Gasteiger charge is 2.32. The summed E-state index contributed by atoms with van der Waals surface area (Å²) in [5.41, 5.74) is 2.70. The van der Waals surface area contributed by atoms with Crippen LogP contribution >= 0.6 is 0 Å². The number of anilines is 1. The summed E-state index contributed by atoms with van der Waals surface area (Å²) in [6.45, 7) is 2.23. The maximum atomic E-state index is 12.1. The number of hydrogen-bond donors (Lipinski definition) is 1. The molecular weight excluding hydrogens is 344 g/mol. The van der Waals surface area contributed by atoms with Gasteiger partial charge < -0.3 is 14.6 Å². The summed E-state index contributed by atoms with van der Waals surface area (Å²) >= 11 is 0. The summed E-state index contributed by atoms with van der Waals surface area (Å²) in [6, 6.07) is 15.3. The van der Waals surface area contributed by atoms with Crippen molar-refractivity contribution < 1.29 is 19.4 Å². The van der Waals surface area contributed by atoms with Gasteiger partial charge in [0, 0.05) is 17.3 Å². The predicted octanol–water partition coefficient (Wildman–Crippen LogP) is 3.91. The van der Waals surface area contributed by atoms with Crippen molar-refractivity contribution in [3.63, 3.8) is 0 Å². The fourth-order valence-electron chi connectivity index (χ4n) is 3.11. The van der Waals surface area contributed by atoms with Gasteiger partial charge in [0.2, 0.25) is 0 Å². The first-order valence-corrected chi connectivity index (χ1v) is 8.92. The molecule has 0 saturated carbocycles. The van der Waals surface area contributed by atoms with E-state index in [4.69, 9.17) is 9.47 Å². The van der Waals surface area contributed by atoms with Crippen LogP contribution in [-0.2, 0) is 11.2 Å². The highest BCUT2D eigenvalue weighted by Crippen LogP contribution is 2.33. The van der Waals surface area contributed by atoms with Gasteiger partial charge in [-0.25, -0.2) is 4.79 Å². The van der Waals surface area contributed by atoms with Crippen LogP contribution in [0.5, 0.6) is 11.5 Å². The van der Waals surface area contributed by atoms with Gasteiger partial charge in [-0.1, -0.05) is 19.1 Å². The molecule has 27 heavy (non-hydrogen) atoms. The molecule has 0 aliphatic carbocycles. The fourth-order valence-corrected chi connectivity index (χ4v) is 3.11. The summed E-state index contributed by atoms with van der Waals surface area (Å²) in [4.78, 5) is 17.9. The van der Waals surface area contributed by atoms with E-state index in [1.807, 2.05) is 42.5 Å². The van der Waals surface area contributed by atoms with Crippen molar-refractivity contribution in [3.05, 3.63) is 60.3 Å². The lowest BCUT2D eigenvalue weighted by Crippen LogP contribution is -2.25. The van der Waals surface area contributed by atoms with Crippen LogP contribution < -0.4 is 9.64 Å². The second-order valence-electron chi connectivity index (χ2n) is 6.41. The summed E-state index contributed by atoms with van der Waals surface area (Å²) in [7, 11) is 0. The maximum Gasteiger partial charge on any atom is 0.414 e. The third-order valence-electron chi connectivity index (χ3n) is 4.63. The summed E-state index contributed by atoms with van der Waals surface area (Å²) < 4.78 is 11.2. The van der Waals surface area contributed by atoms with Crippen molar-refractivity contribution in [2.24, 2.45) is 0 Å². The largest absolute Gasteiger partial charge is 0.457 e. The maximum absolute atomic E-state index is 12.1. The molecule has 1 amide bonds. The monoisotopic (exact) mass is 364 g/mol. The Morgan fingerprint density at radius 1 is 1.22 bits per heavy atom. The number of fused-ring (bicyclic) bond motifs is 1. The molecule has 0 radical (unpaired) electrons. The van der Waals surface area contributed by atoms with Crippen LogP contribution in [0.3, 0.4) is 0 Å². The molecule has 1 N–H and O–H groups in total. The van der Waals surface area contributed by atoms with E-state index in [0.717, 1.165) is 23.1 Å². The van der Waals surface area contributed by atoms with E-state index >= 15 is 0 Å². The van der Waals surface area contributed by atoms with E-state index in [9.17, 15) is 9.90 Å². The predicted molar refractivity (Wildman–Crippen MR) is 102 cm³/mol. The van der Waals surface area contributed by atoms with Gasteiger partial charge in [0.05, 0.1) is 18.7 Å². The molecule has 1 atom stereocenters. The zero-order valence-corrected chi connectivity index (χ0v) is 15.0. The minimum Gasteiger partial charge on any atom is -0.457 e. The first kappa shape index (κ1) is 17.3. The van der Waals surface area contributed by atoms with Gasteiger partial charge in [0.15, 0.2) is 0 Å². The molecule has 1 aromatic heterocycles. The minimum atomic E-state index is -0.505. The Balaban J connectivity index is 1.68. The molecular formula is C21H20N2O4. The molecule has 138 valence electrons. The molecule has 3 aromatic rings. The quantitative estimate of drug-likeness (QED) is 0.743. The van der Waals surface area contributed by atoms with E-state index in [2.05, 4.69) is 11.9 Å². The number of benzene rings is 2. The molecule has 1 saturated heterocycles. The van der Waals surface area contributed by atoms with Crippen LogP contribution in [0.2, 0.25) is 0 Å². The molecule has 0 bridgehead atoms. The molecule has 6 heteroatoms. The van der Waals surface area contributed by atoms with Crippen LogP contribution in [0.25, 0.3) is 10.9 Å². The van der Waals surface area contributed by atoms with Crippen LogP contribution in [0.4, 0.5) is 10.5 Å². The van der Waals surface area contributed by atoms with Crippen molar-refractivity contribution in [1.82, 2.24) is 4.98 Å². The molecule has 4 rings (SSSR count). The number of carbonyl (C=O) groups excluding carboxylic acids is 1. The Bertz CT molecular complexity index is 972. The zero-order chi connectivity index (χ0) is 18.8. The van der Waals surface area contributed by atoms with E-state index < -0.39 is 12.2 Å². The normalized spacial score (nSPS) is 16.6. The lowest BCUT2D eigenvalue weighted by Gasteiger charge is -2.15. The lowest BCUT2D eigenvalue weighted by molar-refractivity contribution is 0.0963. The van der Waals surface area contributed by atoms with Crippen molar-refractivity contribution in [1.29, 1.82) is 0 Å². The van der Waals surface area contributed by atoms with Gasteiger partial charge >= 0.3 is 6.09 Å². The molecule has 1 aliphatic heterocycles. The second-order valence-corrected chi connectivity index (χ2v) is 6.41. The van der Waals surface area contributed by atoms with E-state index in [-0.39, 0.29) is 6.61 Å². The Morgan fingerprint density at radius 3 is 2.74 bits per heavy atom. The average Bonchev–Trinajstić information content (AvgIpc) is 3.09. The molecule has 1 aliphatic rings. The van der Waals surface area contributed by atoms with Crippen LogP contribution in [0, 0.1) is 0 Å². The topological polar surface area (TPSA) is 71.9 Å². The Labute approximate surface area is 157 Å². The summed E-state index contributed by atoms with van der Waals surface area (Å²) in [6.07, 6.45) is 1.71. The number of aryl methyl sites for hydroxylation is 1. The molecule has 2 heterocycles. The number of aliphatic hydroxyl groups excluding tert-OH is 1. The zero-order valence-electron chi connectivity index (χ0n) is 15.0. The molecule has 6 nitrogen and oxygen atoms in total. The van der Waals surface area contributed by atoms with Gasteiger partial charge in [-0.2, -0.15) is 0 Å². The second kappa shape index (κ2) is 7.25. The highest BCUT2D eigenvalue weighted by atomic mass is 16.6. The number of amides is 1. The third-order valence-corrected chi connectivity index (χ3v) is 4.63. The number of pyridine rings is 1. The summed E-state index contributed by atoms with van der Waals surface area (Å²) in [5.74, 6) is 1.41. The van der Waals surface area contributed by atoms with Gasteiger partial charge in [0.25, 0.3) is 0 Å². The van der Waals surface area contributed by atoms with Gasteiger partial charge in [0.1, 0.15) is 17.6 Å². The number of nitrogens with zero attached hydrogens (tertiary/aromatic N) is 2. The van der Waals surface area contributed by atoms with Crippen LogP contribution in [0.15, 0.2) is 54.7 Å². The van der Waals surface area contributed by atoms with Crippen molar-refractivity contribution >= 4 is 22.7 Å². The Kier molecular flexibility index (Phi) is 4.64. The SMILES string of the molecule is CCc1ccc(Oc2ccnc3ccc(N4CC(CO)OC4=O)cc23)cc1. The molecule has 1 fully saturated rings. The number of rotatable bonds is 5. The lowest BCUT2D eigenvalue weighted by atomic mass is 10.1. The smallest absolute Gasteiger partial charge is 0.414 e.